The van der Waals surface area contributed by atoms with Crippen molar-refractivity contribution in [2.24, 2.45) is 0 Å². The molecule has 0 unspecified atom stereocenters. The van der Waals surface area contributed by atoms with Crippen LogP contribution in [0.3, 0.4) is 0 Å². The third kappa shape index (κ3) is 5.02. The molecule has 2 aromatic rings. The van der Waals surface area contributed by atoms with Gasteiger partial charge in [0.1, 0.15) is 5.75 Å². The molecule has 0 aliphatic rings. The van der Waals surface area contributed by atoms with Crippen molar-refractivity contribution in [3.63, 3.8) is 0 Å². The molecule has 10 nitrogen and oxygen atoms in total. The van der Waals surface area contributed by atoms with E-state index in [-0.39, 0.29) is 22.1 Å². The van der Waals surface area contributed by atoms with E-state index in [4.69, 9.17) is 31.2 Å². The number of non-ortho nitro benzene ring substituents is 1. The number of rotatable bonds is 7. The first kappa shape index (κ1) is 21.7. The van der Waals surface area contributed by atoms with Crippen LogP contribution < -0.4 is 24.8 Å². The average Bonchev–Trinajstić information content (AvgIpc) is 2.72. The maximum absolute atomic E-state index is 12.1. The van der Waals surface area contributed by atoms with Gasteiger partial charge in [0.05, 0.1) is 56.4 Å². The maximum Gasteiger partial charge on any atom is 0.340 e. The summed E-state index contributed by atoms with van der Waals surface area (Å²) in [6, 6.07) is 7.03. The van der Waals surface area contributed by atoms with Gasteiger partial charge in [-0.15, -0.1) is 0 Å². The molecule has 0 aliphatic heterocycles. The molecule has 2 aromatic carbocycles. The topological polar surface area (TPSA) is 121 Å². The third-order valence-electron chi connectivity index (χ3n) is 3.82. The summed E-state index contributed by atoms with van der Waals surface area (Å²) in [5.41, 5.74) is 0.757. The molecule has 0 radical (unpaired) electrons. The van der Waals surface area contributed by atoms with Crippen molar-refractivity contribution in [1.29, 1.82) is 0 Å². The van der Waals surface area contributed by atoms with E-state index in [0.29, 0.717) is 22.9 Å². The van der Waals surface area contributed by atoms with Gasteiger partial charge in [-0.3, -0.25) is 10.1 Å². The molecule has 11 heteroatoms. The Morgan fingerprint density at radius 3 is 2.07 bits per heavy atom. The molecule has 154 valence electrons. The Hall–Kier alpha value is -3.60. The molecule has 0 saturated heterocycles. The highest BCUT2D eigenvalue weighted by atomic mass is 32.1. The largest absolute Gasteiger partial charge is 0.494 e. The lowest BCUT2D eigenvalue weighted by atomic mass is 10.1. The fourth-order valence-electron chi connectivity index (χ4n) is 2.43. The molecule has 0 heterocycles. The number of hydrogen-bond donors (Lipinski definition) is 2. The summed E-state index contributed by atoms with van der Waals surface area (Å²) in [7, 11) is 5.53. The smallest absolute Gasteiger partial charge is 0.340 e. The zero-order chi connectivity index (χ0) is 21.6. The summed E-state index contributed by atoms with van der Waals surface area (Å²) in [5, 5.41) is 16.8. The van der Waals surface area contributed by atoms with E-state index in [1.807, 2.05) is 0 Å². The molecule has 0 saturated carbocycles. The van der Waals surface area contributed by atoms with Gasteiger partial charge < -0.3 is 29.6 Å². The molecular weight excluding hydrogens is 402 g/mol. The minimum atomic E-state index is -0.607. The van der Waals surface area contributed by atoms with Crippen molar-refractivity contribution in [3.8, 4) is 17.2 Å². The monoisotopic (exact) mass is 421 g/mol. The average molecular weight is 421 g/mol. The van der Waals surface area contributed by atoms with Crippen LogP contribution in [0.1, 0.15) is 10.4 Å². The summed E-state index contributed by atoms with van der Waals surface area (Å²) in [4.78, 5) is 22.5. The summed E-state index contributed by atoms with van der Waals surface area (Å²) < 4.78 is 20.4. The number of methoxy groups -OCH3 is 4. The van der Waals surface area contributed by atoms with Crippen molar-refractivity contribution in [3.05, 3.63) is 46.0 Å². The molecule has 0 atom stereocenters. The number of ether oxygens (including phenoxy) is 4. The summed E-state index contributed by atoms with van der Waals surface area (Å²) in [6.07, 6.45) is 0. The van der Waals surface area contributed by atoms with Crippen LogP contribution in [0.25, 0.3) is 0 Å². The van der Waals surface area contributed by atoms with Crippen molar-refractivity contribution in [1.82, 2.24) is 0 Å². The van der Waals surface area contributed by atoms with Gasteiger partial charge in [-0.1, -0.05) is 0 Å². The number of nitrogens with one attached hydrogen (secondary N) is 2. The molecular formula is C18H19N3O7S. The number of anilines is 2. The molecule has 2 rings (SSSR count). The van der Waals surface area contributed by atoms with Crippen LogP contribution >= 0.6 is 12.2 Å². The quantitative estimate of drug-likeness (QED) is 0.298. The predicted molar refractivity (Wildman–Crippen MR) is 110 cm³/mol. The van der Waals surface area contributed by atoms with Crippen LogP contribution in [0.15, 0.2) is 30.3 Å². The maximum atomic E-state index is 12.1. The van der Waals surface area contributed by atoms with Gasteiger partial charge in [0.25, 0.3) is 5.69 Å². The normalized spacial score (nSPS) is 9.93. The number of carbonyl (C=O) groups is 1. The second-order valence-corrected chi connectivity index (χ2v) is 5.87. The number of esters is 1. The Balaban J connectivity index is 2.33. The van der Waals surface area contributed by atoms with Crippen LogP contribution in [0.4, 0.5) is 17.1 Å². The summed E-state index contributed by atoms with van der Waals surface area (Å²) in [6.45, 7) is 0. The zero-order valence-electron chi connectivity index (χ0n) is 16.1. The van der Waals surface area contributed by atoms with Crippen molar-refractivity contribution < 1.29 is 28.7 Å². The molecule has 29 heavy (non-hydrogen) atoms. The standard InChI is InChI=1S/C18H19N3O7S/c1-25-14-7-10(21(23)24)5-6-12(14)19-18(29)20-13-9-16(27-3)15(26-2)8-11(13)17(22)28-4/h5-9H,1-4H3,(H2,19,20,29). The van der Waals surface area contributed by atoms with Gasteiger partial charge in [0, 0.05) is 18.2 Å². The minimum absolute atomic E-state index is 0.106. The van der Waals surface area contributed by atoms with E-state index < -0.39 is 10.9 Å². The predicted octanol–water partition coefficient (Wildman–Crippen LogP) is 3.22. The number of nitrogens with zero attached hydrogens (tertiary/aromatic N) is 1. The Kier molecular flexibility index (Phi) is 7.15. The molecule has 0 aromatic heterocycles. The SMILES string of the molecule is COC(=O)c1cc(OC)c(OC)cc1NC(=S)Nc1ccc([N+](=O)[O-])cc1OC. The zero-order valence-corrected chi connectivity index (χ0v) is 16.9. The summed E-state index contributed by atoms with van der Waals surface area (Å²) in [5.74, 6) is 0.334. The fraction of sp³-hybridized carbons (Fsp3) is 0.222. The van der Waals surface area contributed by atoms with E-state index >= 15 is 0 Å². The summed E-state index contributed by atoms with van der Waals surface area (Å²) >= 11 is 5.30. The Morgan fingerprint density at radius 2 is 1.52 bits per heavy atom. The third-order valence-corrected chi connectivity index (χ3v) is 4.03. The highest BCUT2D eigenvalue weighted by Crippen LogP contribution is 2.34. The van der Waals surface area contributed by atoms with E-state index in [2.05, 4.69) is 10.6 Å². The van der Waals surface area contributed by atoms with Crippen LogP contribution in [-0.4, -0.2) is 44.4 Å². The first-order valence-corrected chi connectivity index (χ1v) is 8.50. The van der Waals surface area contributed by atoms with Crippen molar-refractivity contribution in [2.75, 3.05) is 39.1 Å². The Bertz CT molecular complexity index is 949. The van der Waals surface area contributed by atoms with Gasteiger partial charge in [0.2, 0.25) is 0 Å². The minimum Gasteiger partial charge on any atom is -0.494 e. The number of nitro groups is 1. The van der Waals surface area contributed by atoms with Gasteiger partial charge in [-0.25, -0.2) is 4.79 Å². The van der Waals surface area contributed by atoms with E-state index in [0.717, 1.165) is 0 Å². The van der Waals surface area contributed by atoms with Crippen molar-refractivity contribution in [2.45, 2.75) is 0 Å². The Labute approximate surface area is 171 Å². The van der Waals surface area contributed by atoms with Crippen LogP contribution in [-0.2, 0) is 4.74 Å². The first-order chi connectivity index (χ1) is 13.8. The number of nitro benzene ring substituents is 1. The number of hydrogen-bond acceptors (Lipinski definition) is 8. The Morgan fingerprint density at radius 1 is 0.931 bits per heavy atom. The van der Waals surface area contributed by atoms with Crippen LogP contribution in [0, 0.1) is 10.1 Å². The van der Waals surface area contributed by atoms with Gasteiger partial charge >= 0.3 is 5.97 Å². The molecule has 0 fully saturated rings. The highest BCUT2D eigenvalue weighted by molar-refractivity contribution is 7.80. The molecule has 0 spiro atoms. The van der Waals surface area contributed by atoms with Gasteiger partial charge in [0.15, 0.2) is 16.6 Å². The van der Waals surface area contributed by atoms with E-state index in [1.54, 1.807) is 0 Å². The lowest BCUT2D eigenvalue weighted by Crippen LogP contribution is -2.21. The molecule has 0 bridgehead atoms. The van der Waals surface area contributed by atoms with Crippen molar-refractivity contribution >= 4 is 40.4 Å². The van der Waals surface area contributed by atoms with Gasteiger partial charge in [-0.2, -0.15) is 0 Å². The lowest BCUT2D eigenvalue weighted by Gasteiger charge is -2.17. The molecule has 0 amide bonds. The highest BCUT2D eigenvalue weighted by Gasteiger charge is 2.19. The molecule has 0 aliphatic carbocycles. The number of thiocarbonyl (C=S) groups is 1. The first-order valence-electron chi connectivity index (χ1n) is 8.09. The van der Waals surface area contributed by atoms with E-state index in [9.17, 15) is 14.9 Å². The van der Waals surface area contributed by atoms with Crippen LogP contribution in [0.5, 0.6) is 17.2 Å². The second-order valence-electron chi connectivity index (χ2n) is 5.47. The number of carbonyl (C=O) groups excluding carboxylic acids is 1. The van der Waals surface area contributed by atoms with E-state index in [1.165, 1.54) is 58.8 Å². The second kappa shape index (κ2) is 9.55. The van der Waals surface area contributed by atoms with Crippen LogP contribution in [0.2, 0.25) is 0 Å². The number of benzene rings is 2. The fourth-order valence-corrected chi connectivity index (χ4v) is 2.65. The van der Waals surface area contributed by atoms with Gasteiger partial charge in [-0.05, 0) is 18.3 Å². The molecule has 2 N–H and O–H groups in total. The lowest BCUT2D eigenvalue weighted by molar-refractivity contribution is -0.384.